The van der Waals surface area contributed by atoms with Gasteiger partial charge < -0.3 is 15.4 Å². The minimum absolute atomic E-state index is 0.287. The number of nitrogens with one attached hydrogen (secondary N) is 2. The highest BCUT2D eigenvalue weighted by molar-refractivity contribution is 5.82. The van der Waals surface area contributed by atoms with E-state index in [1.807, 2.05) is 0 Å². The SMILES string of the molecule is O=C(NCCCOC1CCCCC1)C1CC12CCNCC2. The zero-order valence-electron chi connectivity index (χ0n) is 13.2. The molecule has 0 radical (unpaired) electrons. The van der Waals surface area contributed by atoms with Crippen LogP contribution in [0.15, 0.2) is 0 Å². The summed E-state index contributed by atoms with van der Waals surface area (Å²) in [7, 11) is 0. The molecule has 21 heavy (non-hydrogen) atoms. The van der Waals surface area contributed by atoms with Gasteiger partial charge in [0.2, 0.25) is 5.91 Å². The van der Waals surface area contributed by atoms with Gasteiger partial charge in [0.15, 0.2) is 0 Å². The van der Waals surface area contributed by atoms with Crippen molar-refractivity contribution in [1.82, 2.24) is 10.6 Å². The molecule has 120 valence electrons. The summed E-state index contributed by atoms with van der Waals surface area (Å²) >= 11 is 0. The van der Waals surface area contributed by atoms with E-state index in [1.54, 1.807) is 0 Å². The summed E-state index contributed by atoms with van der Waals surface area (Å²) in [4.78, 5) is 12.2. The molecular formula is C17H30N2O2. The van der Waals surface area contributed by atoms with Gasteiger partial charge in [-0.1, -0.05) is 19.3 Å². The first-order valence-corrected chi connectivity index (χ1v) is 8.90. The van der Waals surface area contributed by atoms with Crippen molar-refractivity contribution in [2.45, 2.75) is 63.9 Å². The fraction of sp³-hybridized carbons (Fsp3) is 0.941. The second kappa shape index (κ2) is 7.10. The predicted molar refractivity (Wildman–Crippen MR) is 83.1 cm³/mol. The van der Waals surface area contributed by atoms with Crippen LogP contribution in [0.1, 0.15) is 57.8 Å². The maximum absolute atomic E-state index is 12.2. The Morgan fingerprint density at radius 1 is 1.19 bits per heavy atom. The average Bonchev–Trinajstić information content (AvgIpc) is 3.22. The molecule has 4 nitrogen and oxygen atoms in total. The third-order valence-electron chi connectivity index (χ3n) is 5.63. The van der Waals surface area contributed by atoms with E-state index in [9.17, 15) is 4.79 Å². The Kier molecular flexibility index (Phi) is 5.17. The highest BCUT2D eigenvalue weighted by Gasteiger charge is 2.57. The van der Waals surface area contributed by atoms with Gasteiger partial charge in [0.25, 0.3) is 0 Å². The molecule has 0 bridgehead atoms. The quantitative estimate of drug-likeness (QED) is 0.739. The van der Waals surface area contributed by atoms with Crippen LogP contribution in [0, 0.1) is 11.3 Å². The monoisotopic (exact) mass is 294 g/mol. The van der Waals surface area contributed by atoms with E-state index in [2.05, 4.69) is 10.6 Å². The number of hydrogen-bond donors (Lipinski definition) is 2. The van der Waals surface area contributed by atoms with E-state index < -0.39 is 0 Å². The molecule has 3 aliphatic rings. The molecule has 2 aliphatic carbocycles. The van der Waals surface area contributed by atoms with Crippen LogP contribution in [0.3, 0.4) is 0 Å². The normalized spacial score (nSPS) is 28.5. The van der Waals surface area contributed by atoms with Crippen molar-refractivity contribution >= 4 is 5.91 Å². The van der Waals surface area contributed by atoms with Gasteiger partial charge in [-0.15, -0.1) is 0 Å². The van der Waals surface area contributed by atoms with E-state index in [0.717, 1.165) is 39.1 Å². The average molecular weight is 294 g/mol. The molecule has 2 saturated carbocycles. The van der Waals surface area contributed by atoms with Gasteiger partial charge in [-0.2, -0.15) is 0 Å². The zero-order valence-corrected chi connectivity index (χ0v) is 13.2. The van der Waals surface area contributed by atoms with Gasteiger partial charge in [-0.3, -0.25) is 4.79 Å². The predicted octanol–water partition coefficient (Wildman–Crippen LogP) is 2.23. The molecule has 0 aromatic heterocycles. The molecule has 3 rings (SSSR count). The Morgan fingerprint density at radius 3 is 2.71 bits per heavy atom. The van der Waals surface area contributed by atoms with Crippen molar-refractivity contribution in [2.24, 2.45) is 11.3 Å². The molecule has 1 atom stereocenters. The van der Waals surface area contributed by atoms with Crippen molar-refractivity contribution in [3.8, 4) is 0 Å². The Bertz CT molecular complexity index is 347. The lowest BCUT2D eigenvalue weighted by Crippen LogP contribution is -2.34. The van der Waals surface area contributed by atoms with Gasteiger partial charge in [0, 0.05) is 19.1 Å². The van der Waals surface area contributed by atoms with E-state index >= 15 is 0 Å². The molecular weight excluding hydrogens is 264 g/mol. The molecule has 2 N–H and O–H groups in total. The molecule has 1 saturated heterocycles. The molecule has 1 unspecified atom stereocenters. The van der Waals surface area contributed by atoms with Crippen molar-refractivity contribution in [1.29, 1.82) is 0 Å². The molecule has 4 heteroatoms. The number of amides is 1. The summed E-state index contributed by atoms with van der Waals surface area (Å²) in [6, 6.07) is 0. The number of piperidine rings is 1. The van der Waals surface area contributed by atoms with Crippen molar-refractivity contribution in [2.75, 3.05) is 26.2 Å². The number of carbonyl (C=O) groups excluding carboxylic acids is 1. The minimum Gasteiger partial charge on any atom is -0.378 e. The maximum Gasteiger partial charge on any atom is 0.223 e. The van der Waals surface area contributed by atoms with Gasteiger partial charge >= 0.3 is 0 Å². The first-order valence-electron chi connectivity index (χ1n) is 8.90. The minimum atomic E-state index is 0.287. The van der Waals surface area contributed by atoms with E-state index in [4.69, 9.17) is 4.74 Å². The smallest absolute Gasteiger partial charge is 0.223 e. The van der Waals surface area contributed by atoms with E-state index in [-0.39, 0.29) is 5.91 Å². The molecule has 3 fully saturated rings. The molecule has 1 spiro atoms. The first-order chi connectivity index (χ1) is 10.3. The Balaban J connectivity index is 1.25. The summed E-state index contributed by atoms with van der Waals surface area (Å²) in [5.74, 6) is 0.577. The summed E-state index contributed by atoms with van der Waals surface area (Å²) in [6.45, 7) is 3.74. The van der Waals surface area contributed by atoms with Crippen LogP contribution in [0.25, 0.3) is 0 Å². The Morgan fingerprint density at radius 2 is 1.95 bits per heavy atom. The molecule has 1 amide bonds. The molecule has 1 heterocycles. The van der Waals surface area contributed by atoms with Crippen molar-refractivity contribution in [3.63, 3.8) is 0 Å². The lowest BCUT2D eigenvalue weighted by molar-refractivity contribution is -0.123. The highest BCUT2D eigenvalue weighted by atomic mass is 16.5. The van der Waals surface area contributed by atoms with Crippen LogP contribution < -0.4 is 10.6 Å². The largest absolute Gasteiger partial charge is 0.378 e. The van der Waals surface area contributed by atoms with Crippen LogP contribution in [-0.2, 0) is 9.53 Å². The van der Waals surface area contributed by atoms with Gasteiger partial charge in [0.1, 0.15) is 0 Å². The number of carbonyl (C=O) groups is 1. The third kappa shape index (κ3) is 3.98. The highest BCUT2D eigenvalue weighted by Crippen LogP contribution is 2.58. The molecule has 1 aliphatic heterocycles. The van der Waals surface area contributed by atoms with E-state index in [1.165, 1.54) is 44.9 Å². The number of rotatable bonds is 6. The molecule has 0 aromatic rings. The molecule has 0 aromatic carbocycles. The fourth-order valence-electron chi connectivity index (χ4n) is 4.08. The topological polar surface area (TPSA) is 50.4 Å². The van der Waals surface area contributed by atoms with Crippen molar-refractivity contribution < 1.29 is 9.53 Å². The van der Waals surface area contributed by atoms with E-state index in [0.29, 0.717) is 17.4 Å². The summed E-state index contributed by atoms with van der Waals surface area (Å²) < 4.78 is 5.89. The van der Waals surface area contributed by atoms with Gasteiger partial charge in [0.05, 0.1) is 6.10 Å². The lowest BCUT2D eigenvalue weighted by atomic mass is 9.92. The summed E-state index contributed by atoms with van der Waals surface area (Å²) in [5.41, 5.74) is 0.355. The van der Waals surface area contributed by atoms with Gasteiger partial charge in [-0.05, 0) is 57.0 Å². The standard InChI is InChI=1S/C17H30N2O2/c20-16(15-13-17(15)7-10-18-11-8-17)19-9-4-12-21-14-5-2-1-3-6-14/h14-15,18H,1-13H2,(H,19,20). The fourth-order valence-corrected chi connectivity index (χ4v) is 4.08. The zero-order chi connectivity index (χ0) is 14.5. The van der Waals surface area contributed by atoms with Crippen LogP contribution in [0.4, 0.5) is 0 Å². The van der Waals surface area contributed by atoms with Crippen LogP contribution in [0.5, 0.6) is 0 Å². The summed E-state index contributed by atoms with van der Waals surface area (Å²) in [6.07, 6.45) is 11.4. The number of hydrogen-bond acceptors (Lipinski definition) is 3. The van der Waals surface area contributed by atoms with Gasteiger partial charge in [-0.25, -0.2) is 0 Å². The summed E-state index contributed by atoms with van der Waals surface area (Å²) in [5, 5.41) is 6.50. The lowest BCUT2D eigenvalue weighted by Gasteiger charge is -2.23. The third-order valence-corrected chi connectivity index (χ3v) is 5.63. The Labute approximate surface area is 128 Å². The van der Waals surface area contributed by atoms with Crippen LogP contribution >= 0.6 is 0 Å². The van der Waals surface area contributed by atoms with Crippen LogP contribution in [0.2, 0.25) is 0 Å². The maximum atomic E-state index is 12.2. The van der Waals surface area contributed by atoms with Crippen LogP contribution in [-0.4, -0.2) is 38.3 Å². The Hall–Kier alpha value is -0.610. The number of ether oxygens (including phenoxy) is 1. The second-order valence-electron chi connectivity index (χ2n) is 7.14. The second-order valence-corrected chi connectivity index (χ2v) is 7.14. The first kappa shape index (κ1) is 15.3. The van der Waals surface area contributed by atoms with Crippen molar-refractivity contribution in [3.05, 3.63) is 0 Å².